The van der Waals surface area contributed by atoms with Crippen LogP contribution in [0.15, 0.2) is 12.4 Å². The van der Waals surface area contributed by atoms with Gasteiger partial charge >= 0.3 is 0 Å². The lowest BCUT2D eigenvalue weighted by atomic mass is 10.2. The molecule has 2 aromatic heterocycles. The van der Waals surface area contributed by atoms with Gasteiger partial charge in [0.15, 0.2) is 0 Å². The number of hydrogen-bond acceptors (Lipinski definition) is 4. The van der Waals surface area contributed by atoms with E-state index in [1.54, 1.807) is 18.5 Å². The predicted molar refractivity (Wildman–Crippen MR) is 47.8 cm³/mol. The first-order chi connectivity index (χ1) is 6.70. The summed E-state index contributed by atoms with van der Waals surface area (Å²) < 4.78 is 1.65. The fraction of sp³-hybridized carbons (Fsp3) is 0.250. The van der Waals surface area contributed by atoms with E-state index in [-0.39, 0.29) is 5.78 Å². The van der Waals surface area contributed by atoms with Crippen molar-refractivity contribution in [3.8, 4) is 0 Å². The normalized spacial score (nSPS) is 10.4. The molecule has 0 amide bonds. The van der Waals surface area contributed by atoms with Gasteiger partial charge in [-0.15, -0.1) is 10.2 Å². The summed E-state index contributed by atoms with van der Waals surface area (Å²) in [6.45, 7) is 1.79. The average molecular weight is 191 g/mol. The third-order valence-corrected chi connectivity index (χ3v) is 2.06. The second kappa shape index (κ2) is 3.06. The van der Waals surface area contributed by atoms with Crippen molar-refractivity contribution in [3.05, 3.63) is 29.6 Å². The number of nitrogens with one attached hydrogen (secondary N) is 1. The molecule has 0 saturated heterocycles. The summed E-state index contributed by atoms with van der Waals surface area (Å²) in [5, 5.41) is 13.9. The molecule has 2 heterocycles. The molecule has 6 nitrogen and oxygen atoms in total. The van der Waals surface area contributed by atoms with Gasteiger partial charge in [-0.1, -0.05) is 0 Å². The molecule has 0 unspecified atom stereocenters. The van der Waals surface area contributed by atoms with Gasteiger partial charge in [0.2, 0.25) is 11.6 Å². The highest BCUT2D eigenvalue weighted by Gasteiger charge is 2.16. The molecule has 2 aromatic rings. The van der Waals surface area contributed by atoms with Gasteiger partial charge in [0.05, 0.1) is 11.8 Å². The van der Waals surface area contributed by atoms with E-state index in [0.29, 0.717) is 17.2 Å². The van der Waals surface area contributed by atoms with Crippen molar-refractivity contribution < 1.29 is 4.79 Å². The zero-order valence-electron chi connectivity index (χ0n) is 7.85. The number of nitrogens with zero attached hydrogens (tertiary/aromatic N) is 4. The molecule has 0 radical (unpaired) electrons. The summed E-state index contributed by atoms with van der Waals surface area (Å²) in [7, 11) is 1.75. The largest absolute Gasteiger partial charge is 0.312 e. The highest BCUT2D eigenvalue weighted by atomic mass is 16.1. The molecule has 1 N–H and O–H groups in total. The second-order valence-electron chi connectivity index (χ2n) is 2.95. The Kier molecular flexibility index (Phi) is 1.88. The van der Waals surface area contributed by atoms with Crippen molar-refractivity contribution in [2.24, 2.45) is 7.05 Å². The predicted octanol–water partition coefficient (Wildman–Crippen LogP) is 0.0776. The highest BCUT2D eigenvalue weighted by molar-refractivity contribution is 6.06. The summed E-state index contributed by atoms with van der Waals surface area (Å²) in [5.74, 6) is 0.850. The van der Waals surface area contributed by atoms with Crippen LogP contribution in [0.25, 0.3) is 0 Å². The number of carbonyl (C=O) groups excluding carboxylic acids is 1. The van der Waals surface area contributed by atoms with E-state index in [2.05, 4.69) is 20.4 Å². The number of hydrogen-bond donors (Lipinski definition) is 1. The van der Waals surface area contributed by atoms with Crippen LogP contribution in [0.1, 0.15) is 22.0 Å². The fourth-order valence-electron chi connectivity index (χ4n) is 1.11. The van der Waals surface area contributed by atoms with E-state index in [4.69, 9.17) is 0 Å². The van der Waals surface area contributed by atoms with Gasteiger partial charge < -0.3 is 4.57 Å². The molecule has 0 spiro atoms. The Balaban J connectivity index is 2.42. The molecular formula is C8H9N5O. The van der Waals surface area contributed by atoms with Crippen molar-refractivity contribution in [1.29, 1.82) is 0 Å². The van der Waals surface area contributed by atoms with Crippen LogP contribution in [0, 0.1) is 6.92 Å². The molecule has 0 saturated carbocycles. The molecule has 0 aliphatic carbocycles. The van der Waals surface area contributed by atoms with Crippen LogP contribution in [0.2, 0.25) is 0 Å². The third-order valence-electron chi connectivity index (χ3n) is 2.06. The van der Waals surface area contributed by atoms with E-state index >= 15 is 0 Å². The maximum atomic E-state index is 11.8. The zero-order valence-corrected chi connectivity index (χ0v) is 7.85. The van der Waals surface area contributed by atoms with Gasteiger partial charge in [0, 0.05) is 13.2 Å². The lowest BCUT2D eigenvalue weighted by Gasteiger charge is -1.97. The van der Waals surface area contributed by atoms with Gasteiger partial charge in [-0.05, 0) is 6.92 Å². The first kappa shape index (κ1) is 8.61. The molecule has 6 heteroatoms. The quantitative estimate of drug-likeness (QED) is 0.682. The van der Waals surface area contributed by atoms with Gasteiger partial charge in [0.1, 0.15) is 5.82 Å². The van der Waals surface area contributed by atoms with Gasteiger partial charge in [-0.25, -0.2) is 0 Å². The molecule has 0 aliphatic heterocycles. The monoisotopic (exact) mass is 191 g/mol. The molecule has 0 aromatic carbocycles. The Morgan fingerprint density at radius 1 is 1.50 bits per heavy atom. The number of aryl methyl sites for hydroxylation is 1. The summed E-state index contributed by atoms with van der Waals surface area (Å²) in [6.07, 6.45) is 3.00. The average Bonchev–Trinajstić information content (AvgIpc) is 2.77. The molecular weight excluding hydrogens is 182 g/mol. The molecule has 0 fully saturated rings. The number of ketones is 1. The summed E-state index contributed by atoms with van der Waals surface area (Å²) in [6, 6.07) is 0. The number of rotatable bonds is 2. The molecule has 72 valence electrons. The number of carbonyl (C=O) groups is 1. The van der Waals surface area contributed by atoms with Crippen molar-refractivity contribution in [1.82, 2.24) is 25.0 Å². The van der Waals surface area contributed by atoms with Crippen molar-refractivity contribution >= 4 is 5.78 Å². The topological polar surface area (TPSA) is 76.5 Å². The highest BCUT2D eigenvalue weighted by Crippen LogP contribution is 2.05. The van der Waals surface area contributed by atoms with Crippen molar-refractivity contribution in [2.75, 3.05) is 0 Å². The van der Waals surface area contributed by atoms with E-state index in [1.165, 1.54) is 12.4 Å². The van der Waals surface area contributed by atoms with Gasteiger partial charge in [-0.2, -0.15) is 5.10 Å². The van der Waals surface area contributed by atoms with Crippen molar-refractivity contribution in [2.45, 2.75) is 6.92 Å². The smallest absolute Gasteiger partial charge is 0.233 e. The SMILES string of the molecule is Cc1nnc(C(=O)c2cn[nH]c2)n1C. The zero-order chi connectivity index (χ0) is 10.1. The first-order valence-corrected chi connectivity index (χ1v) is 4.09. The number of aromatic amines is 1. The minimum Gasteiger partial charge on any atom is -0.312 e. The van der Waals surface area contributed by atoms with Crippen LogP contribution in [0.3, 0.4) is 0 Å². The van der Waals surface area contributed by atoms with Crippen LogP contribution in [-0.2, 0) is 7.05 Å². The molecule has 0 aliphatic rings. The minimum absolute atomic E-state index is 0.179. The maximum absolute atomic E-state index is 11.8. The van der Waals surface area contributed by atoms with E-state index in [9.17, 15) is 4.79 Å². The van der Waals surface area contributed by atoms with Crippen molar-refractivity contribution in [3.63, 3.8) is 0 Å². The fourth-order valence-corrected chi connectivity index (χ4v) is 1.11. The Bertz CT molecular complexity index is 456. The Morgan fingerprint density at radius 2 is 2.29 bits per heavy atom. The van der Waals surface area contributed by atoms with E-state index in [1.807, 2.05) is 0 Å². The molecule has 14 heavy (non-hydrogen) atoms. The maximum Gasteiger partial charge on any atom is 0.233 e. The Hall–Kier alpha value is -1.98. The summed E-state index contributed by atoms with van der Waals surface area (Å²) in [5.41, 5.74) is 0.487. The lowest BCUT2D eigenvalue weighted by molar-refractivity contribution is 0.102. The van der Waals surface area contributed by atoms with Crippen LogP contribution >= 0.6 is 0 Å². The number of aromatic nitrogens is 5. The summed E-state index contributed by atoms with van der Waals surface area (Å²) in [4.78, 5) is 11.8. The van der Waals surface area contributed by atoms with Crippen LogP contribution < -0.4 is 0 Å². The Labute approximate surface area is 80.0 Å². The standard InChI is InChI=1S/C8H9N5O/c1-5-11-12-8(13(5)2)7(14)6-3-9-10-4-6/h3-4H,1-2H3,(H,9,10). The number of H-pyrrole nitrogens is 1. The van der Waals surface area contributed by atoms with Crippen LogP contribution in [0.5, 0.6) is 0 Å². The van der Waals surface area contributed by atoms with E-state index < -0.39 is 0 Å². The van der Waals surface area contributed by atoms with Crippen LogP contribution in [0.4, 0.5) is 0 Å². The molecule has 2 rings (SSSR count). The third kappa shape index (κ3) is 1.20. The van der Waals surface area contributed by atoms with Gasteiger partial charge in [0.25, 0.3) is 0 Å². The van der Waals surface area contributed by atoms with Crippen LogP contribution in [-0.4, -0.2) is 30.7 Å². The second-order valence-corrected chi connectivity index (χ2v) is 2.95. The Morgan fingerprint density at radius 3 is 2.79 bits per heavy atom. The lowest BCUT2D eigenvalue weighted by Crippen LogP contribution is -2.08. The van der Waals surface area contributed by atoms with E-state index in [0.717, 1.165) is 0 Å². The first-order valence-electron chi connectivity index (χ1n) is 4.09. The summed E-state index contributed by atoms with van der Waals surface area (Å²) >= 11 is 0. The minimum atomic E-state index is -0.179. The molecule has 0 bridgehead atoms. The molecule has 0 atom stereocenters. The van der Waals surface area contributed by atoms with Gasteiger partial charge in [-0.3, -0.25) is 9.89 Å².